The Labute approximate surface area is 159 Å². The average Bonchev–Trinajstić information content (AvgIpc) is 2.96. The first-order chi connectivity index (χ1) is 10.1. The van der Waals surface area contributed by atoms with Crippen molar-refractivity contribution in [3.8, 4) is 0 Å². The second kappa shape index (κ2) is 10.2. The molecule has 0 aliphatic heterocycles. The lowest BCUT2D eigenvalue weighted by Gasteiger charge is -2.07. The number of nitrogens with one attached hydrogen (secondary N) is 1. The third-order valence-corrected chi connectivity index (χ3v) is 4.36. The maximum atomic E-state index is 13.5. The van der Waals surface area contributed by atoms with Crippen LogP contribution in [0.4, 0.5) is 4.39 Å². The fourth-order valence-electron chi connectivity index (χ4n) is 1.86. The largest absolute Gasteiger partial charge is 0.370 e. The van der Waals surface area contributed by atoms with Crippen molar-refractivity contribution in [3.63, 3.8) is 0 Å². The van der Waals surface area contributed by atoms with E-state index in [4.69, 9.17) is 5.73 Å². The molecular formula is C15H18BrFIN3S. The molecule has 2 aromatic rings. The minimum Gasteiger partial charge on any atom is -0.370 e. The van der Waals surface area contributed by atoms with Gasteiger partial charge in [0.15, 0.2) is 5.96 Å². The molecule has 1 aromatic carbocycles. The van der Waals surface area contributed by atoms with Crippen molar-refractivity contribution >= 4 is 57.2 Å². The number of hydrogen-bond donors (Lipinski definition) is 2. The van der Waals surface area contributed by atoms with E-state index in [1.54, 1.807) is 23.5 Å². The minimum absolute atomic E-state index is 0. The Morgan fingerprint density at radius 3 is 2.86 bits per heavy atom. The first kappa shape index (κ1) is 19.4. The van der Waals surface area contributed by atoms with Crippen molar-refractivity contribution in [2.24, 2.45) is 10.7 Å². The SMILES string of the molecule is I.NC(=NCCc1cccs1)NCCc1cc(Br)ccc1F. The summed E-state index contributed by atoms with van der Waals surface area (Å²) in [4.78, 5) is 5.55. The molecule has 0 atom stereocenters. The third kappa shape index (κ3) is 6.62. The predicted molar refractivity (Wildman–Crippen MR) is 106 cm³/mol. The molecule has 0 fully saturated rings. The number of nitrogens with zero attached hydrogens (tertiary/aromatic N) is 1. The van der Waals surface area contributed by atoms with E-state index in [1.165, 1.54) is 10.9 Å². The fraction of sp³-hybridized carbons (Fsp3) is 0.267. The maximum Gasteiger partial charge on any atom is 0.188 e. The van der Waals surface area contributed by atoms with Crippen LogP contribution in [0.1, 0.15) is 10.4 Å². The van der Waals surface area contributed by atoms with Crippen LogP contribution in [0.3, 0.4) is 0 Å². The van der Waals surface area contributed by atoms with Crippen molar-refractivity contribution in [1.29, 1.82) is 0 Å². The summed E-state index contributed by atoms with van der Waals surface area (Å²) in [6.07, 6.45) is 1.45. The van der Waals surface area contributed by atoms with Crippen LogP contribution in [0.25, 0.3) is 0 Å². The van der Waals surface area contributed by atoms with Gasteiger partial charge in [-0.3, -0.25) is 4.99 Å². The topological polar surface area (TPSA) is 50.4 Å². The first-order valence-corrected chi connectivity index (χ1v) is 8.32. The van der Waals surface area contributed by atoms with Crippen LogP contribution in [0.2, 0.25) is 0 Å². The van der Waals surface area contributed by atoms with Gasteiger partial charge in [0, 0.05) is 28.9 Å². The van der Waals surface area contributed by atoms with Crippen LogP contribution < -0.4 is 11.1 Å². The molecule has 0 saturated carbocycles. The number of nitrogens with two attached hydrogens (primary N) is 1. The quantitative estimate of drug-likeness (QED) is 0.360. The standard InChI is InChI=1S/C15H17BrFN3S.HI/c16-12-3-4-14(17)11(10-12)5-7-19-15(18)20-8-6-13-2-1-9-21-13;/h1-4,9-10H,5-8H2,(H3,18,19,20);1H. The molecule has 2 rings (SSSR count). The van der Waals surface area contributed by atoms with Crippen LogP contribution in [-0.4, -0.2) is 19.0 Å². The molecular weight excluding hydrogens is 480 g/mol. The van der Waals surface area contributed by atoms with E-state index in [-0.39, 0.29) is 29.8 Å². The molecule has 0 aliphatic carbocycles. The van der Waals surface area contributed by atoms with Gasteiger partial charge in [-0.05, 0) is 41.6 Å². The zero-order chi connectivity index (χ0) is 15.1. The Bertz CT molecular complexity index is 605. The molecule has 1 heterocycles. The Hall–Kier alpha value is -0.670. The van der Waals surface area contributed by atoms with Crippen LogP contribution in [0.5, 0.6) is 0 Å². The highest BCUT2D eigenvalue weighted by atomic mass is 127. The van der Waals surface area contributed by atoms with E-state index in [9.17, 15) is 4.39 Å². The normalized spacial score (nSPS) is 11.1. The van der Waals surface area contributed by atoms with Gasteiger partial charge in [0.2, 0.25) is 0 Å². The third-order valence-electron chi connectivity index (χ3n) is 2.93. The molecule has 7 heteroatoms. The van der Waals surface area contributed by atoms with Crippen LogP contribution in [0, 0.1) is 5.82 Å². The van der Waals surface area contributed by atoms with Gasteiger partial charge < -0.3 is 11.1 Å². The van der Waals surface area contributed by atoms with Gasteiger partial charge in [-0.2, -0.15) is 0 Å². The highest BCUT2D eigenvalue weighted by Gasteiger charge is 2.02. The molecule has 0 spiro atoms. The zero-order valence-corrected chi connectivity index (χ0v) is 16.6. The van der Waals surface area contributed by atoms with E-state index in [1.807, 2.05) is 11.4 Å². The van der Waals surface area contributed by atoms with Crippen LogP contribution in [-0.2, 0) is 12.8 Å². The molecule has 22 heavy (non-hydrogen) atoms. The van der Waals surface area contributed by atoms with E-state index >= 15 is 0 Å². The maximum absolute atomic E-state index is 13.5. The lowest BCUT2D eigenvalue weighted by atomic mass is 10.1. The van der Waals surface area contributed by atoms with E-state index in [2.05, 4.69) is 32.3 Å². The van der Waals surface area contributed by atoms with Crippen molar-refractivity contribution in [1.82, 2.24) is 5.32 Å². The molecule has 0 saturated heterocycles. The highest BCUT2D eigenvalue weighted by molar-refractivity contribution is 14.0. The summed E-state index contributed by atoms with van der Waals surface area (Å²) in [5, 5.41) is 5.06. The van der Waals surface area contributed by atoms with Crippen LogP contribution in [0.15, 0.2) is 45.2 Å². The van der Waals surface area contributed by atoms with E-state index < -0.39 is 0 Å². The van der Waals surface area contributed by atoms with Gasteiger partial charge >= 0.3 is 0 Å². The molecule has 120 valence electrons. The van der Waals surface area contributed by atoms with Gasteiger partial charge in [-0.25, -0.2) is 4.39 Å². The predicted octanol–water partition coefficient (Wildman–Crippen LogP) is 3.96. The molecule has 0 bridgehead atoms. The fourth-order valence-corrected chi connectivity index (χ4v) is 2.96. The summed E-state index contributed by atoms with van der Waals surface area (Å²) in [5.41, 5.74) is 6.44. The second-order valence-electron chi connectivity index (χ2n) is 4.51. The van der Waals surface area contributed by atoms with Crippen LogP contribution >= 0.6 is 51.2 Å². The number of hydrogen-bond acceptors (Lipinski definition) is 2. The highest BCUT2D eigenvalue weighted by Crippen LogP contribution is 2.15. The van der Waals surface area contributed by atoms with E-state index in [0.717, 1.165) is 10.9 Å². The van der Waals surface area contributed by atoms with Crippen molar-refractivity contribution in [2.45, 2.75) is 12.8 Å². The Balaban J connectivity index is 0.00000242. The molecule has 0 unspecified atom stereocenters. The molecule has 0 radical (unpaired) electrons. The summed E-state index contributed by atoms with van der Waals surface area (Å²) in [5.74, 6) is 0.204. The smallest absolute Gasteiger partial charge is 0.188 e. The van der Waals surface area contributed by atoms with Gasteiger partial charge in [-0.15, -0.1) is 35.3 Å². The zero-order valence-electron chi connectivity index (χ0n) is 11.9. The van der Waals surface area contributed by atoms with E-state index in [0.29, 0.717) is 31.0 Å². The summed E-state index contributed by atoms with van der Waals surface area (Å²) >= 11 is 5.05. The van der Waals surface area contributed by atoms with Crippen molar-refractivity contribution in [2.75, 3.05) is 13.1 Å². The monoisotopic (exact) mass is 497 g/mol. The number of rotatable bonds is 6. The molecule has 1 aromatic heterocycles. The number of guanidine groups is 1. The van der Waals surface area contributed by atoms with Crippen molar-refractivity contribution < 1.29 is 4.39 Å². The second-order valence-corrected chi connectivity index (χ2v) is 6.46. The average molecular weight is 498 g/mol. The van der Waals surface area contributed by atoms with Gasteiger partial charge in [0.25, 0.3) is 0 Å². The molecule has 0 amide bonds. The number of aliphatic imine (C=N–C) groups is 1. The lowest BCUT2D eigenvalue weighted by molar-refractivity contribution is 0.607. The Kier molecular flexibility index (Phi) is 8.96. The summed E-state index contributed by atoms with van der Waals surface area (Å²) in [7, 11) is 0. The van der Waals surface area contributed by atoms with Gasteiger partial charge in [0.1, 0.15) is 5.82 Å². The summed E-state index contributed by atoms with van der Waals surface area (Å²) < 4.78 is 14.4. The number of thiophene rings is 1. The molecule has 0 aliphatic rings. The summed E-state index contributed by atoms with van der Waals surface area (Å²) in [6.45, 7) is 1.21. The Morgan fingerprint density at radius 1 is 1.32 bits per heavy atom. The number of benzene rings is 1. The van der Waals surface area contributed by atoms with Crippen molar-refractivity contribution in [3.05, 3.63) is 56.4 Å². The summed E-state index contributed by atoms with van der Waals surface area (Å²) in [6, 6.07) is 9.03. The lowest BCUT2D eigenvalue weighted by Crippen LogP contribution is -2.33. The van der Waals surface area contributed by atoms with Gasteiger partial charge in [0.05, 0.1) is 0 Å². The minimum atomic E-state index is -0.201. The first-order valence-electron chi connectivity index (χ1n) is 6.65. The van der Waals surface area contributed by atoms with Gasteiger partial charge in [-0.1, -0.05) is 22.0 Å². The Morgan fingerprint density at radius 2 is 2.14 bits per heavy atom. The number of halogens is 3. The molecule has 3 N–H and O–H groups in total. The molecule has 3 nitrogen and oxygen atoms in total.